The van der Waals surface area contributed by atoms with E-state index in [1.165, 1.54) is 24.3 Å². The van der Waals surface area contributed by atoms with Crippen LogP contribution >= 0.6 is 0 Å². The van der Waals surface area contributed by atoms with Gasteiger partial charge in [0.05, 0.1) is 29.4 Å². The predicted molar refractivity (Wildman–Crippen MR) is 98.4 cm³/mol. The summed E-state index contributed by atoms with van der Waals surface area (Å²) < 4.78 is 46.9. The molecule has 0 aliphatic carbocycles. The summed E-state index contributed by atoms with van der Waals surface area (Å²) in [6, 6.07) is 7.76. The van der Waals surface area contributed by atoms with Crippen molar-refractivity contribution in [3.8, 4) is 0 Å². The Bertz CT molecular complexity index is 972. The molecular formula is C18H19FN2O5S. The fourth-order valence-corrected chi connectivity index (χ4v) is 3.92. The standard InChI is InChI=1S/C18H19FN2O5S/c1-12-2-3-16(11-17(12)18(22)23)27(24,25)20-14-8-13(19)9-15(10-14)21-4-6-26-7-5-21/h2-3,8-11,20H,4-7H2,1H3,(H,22,23). The highest BCUT2D eigenvalue weighted by atomic mass is 32.2. The number of aromatic carboxylic acids is 1. The van der Waals surface area contributed by atoms with Crippen molar-refractivity contribution in [1.29, 1.82) is 0 Å². The molecular weight excluding hydrogens is 375 g/mol. The van der Waals surface area contributed by atoms with E-state index in [-0.39, 0.29) is 16.1 Å². The number of hydrogen-bond acceptors (Lipinski definition) is 5. The zero-order valence-electron chi connectivity index (χ0n) is 14.6. The van der Waals surface area contributed by atoms with Gasteiger partial charge in [0, 0.05) is 18.8 Å². The molecule has 1 fully saturated rings. The maximum absolute atomic E-state index is 14.0. The van der Waals surface area contributed by atoms with Crippen LogP contribution in [0.3, 0.4) is 0 Å². The van der Waals surface area contributed by atoms with Crippen LogP contribution in [0.5, 0.6) is 0 Å². The van der Waals surface area contributed by atoms with Crippen LogP contribution in [0.4, 0.5) is 15.8 Å². The van der Waals surface area contributed by atoms with E-state index in [1.807, 2.05) is 4.90 Å². The number of hydrogen-bond donors (Lipinski definition) is 2. The molecule has 27 heavy (non-hydrogen) atoms. The van der Waals surface area contributed by atoms with Crippen molar-refractivity contribution in [2.75, 3.05) is 35.9 Å². The molecule has 0 atom stereocenters. The first kappa shape index (κ1) is 19.1. The van der Waals surface area contributed by atoms with Gasteiger partial charge in [-0.25, -0.2) is 17.6 Å². The van der Waals surface area contributed by atoms with Gasteiger partial charge in [0.25, 0.3) is 10.0 Å². The Labute approximate surface area is 156 Å². The largest absolute Gasteiger partial charge is 0.478 e. The molecule has 0 radical (unpaired) electrons. The first-order valence-corrected chi connectivity index (χ1v) is 9.74. The number of benzene rings is 2. The molecule has 1 heterocycles. The van der Waals surface area contributed by atoms with Crippen LogP contribution in [0, 0.1) is 12.7 Å². The van der Waals surface area contributed by atoms with Gasteiger partial charge in [0.15, 0.2) is 0 Å². The van der Waals surface area contributed by atoms with Gasteiger partial charge in [-0.15, -0.1) is 0 Å². The Hall–Kier alpha value is -2.65. The summed E-state index contributed by atoms with van der Waals surface area (Å²) >= 11 is 0. The monoisotopic (exact) mass is 394 g/mol. The number of morpholine rings is 1. The topological polar surface area (TPSA) is 95.9 Å². The lowest BCUT2D eigenvalue weighted by Crippen LogP contribution is -2.36. The minimum absolute atomic E-state index is 0.0638. The fourth-order valence-electron chi connectivity index (χ4n) is 2.85. The summed E-state index contributed by atoms with van der Waals surface area (Å²) in [6.07, 6.45) is 0. The second-order valence-electron chi connectivity index (χ2n) is 6.18. The number of carboxylic acids is 1. The number of halogens is 1. The molecule has 0 aromatic heterocycles. The van der Waals surface area contributed by atoms with Gasteiger partial charge in [-0.1, -0.05) is 6.07 Å². The summed E-state index contributed by atoms with van der Waals surface area (Å²) in [4.78, 5) is 12.9. The number of nitrogens with zero attached hydrogens (tertiary/aromatic N) is 1. The number of anilines is 2. The Kier molecular flexibility index (Phi) is 5.33. The second kappa shape index (κ2) is 7.53. The smallest absolute Gasteiger partial charge is 0.335 e. The Morgan fingerprint density at radius 3 is 2.56 bits per heavy atom. The van der Waals surface area contributed by atoms with E-state index >= 15 is 0 Å². The van der Waals surface area contributed by atoms with Crippen molar-refractivity contribution < 1.29 is 27.4 Å². The third-order valence-electron chi connectivity index (χ3n) is 4.26. The van der Waals surface area contributed by atoms with Crippen LogP contribution in [-0.2, 0) is 14.8 Å². The van der Waals surface area contributed by atoms with Crippen molar-refractivity contribution in [1.82, 2.24) is 0 Å². The summed E-state index contributed by atoms with van der Waals surface area (Å²) in [5, 5.41) is 9.18. The van der Waals surface area contributed by atoms with Gasteiger partial charge in [-0.3, -0.25) is 4.72 Å². The second-order valence-corrected chi connectivity index (χ2v) is 7.87. The van der Waals surface area contributed by atoms with Crippen molar-refractivity contribution in [2.24, 2.45) is 0 Å². The molecule has 0 spiro atoms. The van der Waals surface area contributed by atoms with Gasteiger partial charge in [-0.05, 0) is 42.8 Å². The molecule has 2 N–H and O–H groups in total. The first-order chi connectivity index (χ1) is 12.8. The fraction of sp³-hybridized carbons (Fsp3) is 0.278. The van der Waals surface area contributed by atoms with Crippen LogP contribution in [0.2, 0.25) is 0 Å². The highest BCUT2D eigenvalue weighted by Crippen LogP contribution is 2.25. The molecule has 0 saturated carbocycles. The minimum atomic E-state index is -4.07. The van der Waals surface area contributed by atoms with Crippen molar-refractivity contribution in [3.05, 3.63) is 53.3 Å². The normalized spacial score (nSPS) is 14.8. The van der Waals surface area contributed by atoms with Gasteiger partial charge in [-0.2, -0.15) is 0 Å². The molecule has 1 aliphatic rings. The van der Waals surface area contributed by atoms with Crippen LogP contribution in [0.1, 0.15) is 15.9 Å². The van der Waals surface area contributed by atoms with E-state index in [2.05, 4.69) is 4.72 Å². The molecule has 7 nitrogen and oxygen atoms in total. The summed E-state index contributed by atoms with van der Waals surface area (Å²) in [5.41, 5.74) is 0.952. The lowest BCUT2D eigenvalue weighted by Gasteiger charge is -2.29. The van der Waals surface area contributed by atoms with E-state index in [0.29, 0.717) is 37.6 Å². The average molecular weight is 394 g/mol. The molecule has 144 valence electrons. The maximum atomic E-state index is 14.0. The summed E-state index contributed by atoms with van der Waals surface area (Å²) in [7, 11) is -4.07. The van der Waals surface area contributed by atoms with E-state index in [0.717, 1.165) is 12.1 Å². The van der Waals surface area contributed by atoms with Crippen molar-refractivity contribution >= 4 is 27.4 Å². The molecule has 2 aromatic rings. The van der Waals surface area contributed by atoms with Crippen LogP contribution in [-0.4, -0.2) is 45.8 Å². The van der Waals surface area contributed by atoms with Crippen LogP contribution in [0.15, 0.2) is 41.3 Å². The molecule has 9 heteroatoms. The van der Waals surface area contributed by atoms with E-state index in [9.17, 15) is 22.7 Å². The Morgan fingerprint density at radius 1 is 1.19 bits per heavy atom. The lowest BCUT2D eigenvalue weighted by atomic mass is 10.1. The Morgan fingerprint density at radius 2 is 1.89 bits per heavy atom. The maximum Gasteiger partial charge on any atom is 0.335 e. The molecule has 3 rings (SSSR count). The van der Waals surface area contributed by atoms with E-state index in [4.69, 9.17) is 4.74 Å². The van der Waals surface area contributed by atoms with Gasteiger partial charge in [0.1, 0.15) is 5.82 Å². The quantitative estimate of drug-likeness (QED) is 0.809. The minimum Gasteiger partial charge on any atom is -0.478 e. The number of aryl methyl sites for hydroxylation is 1. The zero-order valence-corrected chi connectivity index (χ0v) is 15.4. The molecule has 0 amide bonds. The average Bonchev–Trinajstić information content (AvgIpc) is 2.61. The lowest BCUT2D eigenvalue weighted by molar-refractivity contribution is 0.0696. The van der Waals surface area contributed by atoms with Gasteiger partial charge >= 0.3 is 5.97 Å². The van der Waals surface area contributed by atoms with E-state index in [1.54, 1.807) is 6.92 Å². The molecule has 1 aliphatic heterocycles. The number of ether oxygens (including phenoxy) is 1. The number of nitrogens with one attached hydrogen (secondary N) is 1. The van der Waals surface area contributed by atoms with Crippen molar-refractivity contribution in [3.63, 3.8) is 0 Å². The highest BCUT2D eigenvalue weighted by molar-refractivity contribution is 7.92. The van der Waals surface area contributed by atoms with Gasteiger partial charge < -0.3 is 14.7 Å². The summed E-state index contributed by atoms with van der Waals surface area (Å²) in [6.45, 7) is 3.76. The SMILES string of the molecule is Cc1ccc(S(=O)(=O)Nc2cc(F)cc(N3CCOCC3)c2)cc1C(=O)O. The summed E-state index contributed by atoms with van der Waals surface area (Å²) in [5.74, 6) is -1.79. The molecule has 2 aromatic carbocycles. The predicted octanol–water partition coefficient (Wildman–Crippen LogP) is 2.47. The number of carbonyl (C=O) groups is 1. The third kappa shape index (κ3) is 4.37. The molecule has 1 saturated heterocycles. The molecule has 0 unspecified atom stereocenters. The van der Waals surface area contributed by atoms with Crippen LogP contribution in [0.25, 0.3) is 0 Å². The highest BCUT2D eigenvalue weighted by Gasteiger charge is 2.19. The third-order valence-corrected chi connectivity index (χ3v) is 5.64. The number of rotatable bonds is 5. The number of sulfonamides is 1. The number of carboxylic acid groups (broad SMARTS) is 1. The molecule has 0 bridgehead atoms. The van der Waals surface area contributed by atoms with Crippen LogP contribution < -0.4 is 9.62 Å². The Balaban J connectivity index is 1.91. The van der Waals surface area contributed by atoms with Gasteiger partial charge in [0.2, 0.25) is 0 Å². The van der Waals surface area contributed by atoms with Crippen molar-refractivity contribution in [2.45, 2.75) is 11.8 Å². The zero-order chi connectivity index (χ0) is 19.6. The van der Waals surface area contributed by atoms with E-state index < -0.39 is 21.8 Å². The first-order valence-electron chi connectivity index (χ1n) is 8.26.